The number of amides is 1. The lowest BCUT2D eigenvalue weighted by Crippen LogP contribution is -2.43. The Morgan fingerprint density at radius 2 is 2.14 bits per heavy atom. The van der Waals surface area contributed by atoms with Crippen molar-refractivity contribution in [2.24, 2.45) is 11.1 Å². The van der Waals surface area contributed by atoms with Crippen molar-refractivity contribution < 1.29 is 13.9 Å². The molecule has 0 atom stereocenters. The molecule has 1 amide bonds. The van der Waals surface area contributed by atoms with Crippen LogP contribution in [-0.2, 0) is 4.79 Å². The molecule has 1 aliphatic carbocycles. The molecule has 0 bridgehead atoms. The molecule has 1 saturated carbocycles. The minimum absolute atomic E-state index is 0.167. The van der Waals surface area contributed by atoms with Crippen LogP contribution in [0, 0.1) is 11.2 Å². The first kappa shape index (κ1) is 15.7. The Morgan fingerprint density at radius 1 is 1.48 bits per heavy atom. The van der Waals surface area contributed by atoms with Gasteiger partial charge in [-0.05, 0) is 31.9 Å². The summed E-state index contributed by atoms with van der Waals surface area (Å²) >= 11 is 5.06. The van der Waals surface area contributed by atoms with Gasteiger partial charge >= 0.3 is 0 Å². The molecule has 0 radical (unpaired) electrons. The summed E-state index contributed by atoms with van der Waals surface area (Å²) < 4.78 is 18.9. The van der Waals surface area contributed by atoms with Gasteiger partial charge in [0.05, 0.1) is 17.0 Å². The molecule has 1 fully saturated rings. The molecule has 0 saturated heterocycles. The summed E-state index contributed by atoms with van der Waals surface area (Å²) in [6, 6.07) is 4.34. The Kier molecular flexibility index (Phi) is 4.77. The zero-order valence-electron chi connectivity index (χ0n) is 11.9. The van der Waals surface area contributed by atoms with Crippen molar-refractivity contribution in [3.8, 4) is 5.75 Å². The van der Waals surface area contributed by atoms with E-state index in [1.807, 2.05) is 0 Å². The number of carbonyl (C=O) groups is 1. The first-order valence-electron chi connectivity index (χ1n) is 7.03. The smallest absolute Gasteiger partial charge is 0.237 e. The lowest BCUT2D eigenvalue weighted by Gasteiger charge is -2.26. The van der Waals surface area contributed by atoms with Gasteiger partial charge in [0.15, 0.2) is 11.6 Å². The summed E-state index contributed by atoms with van der Waals surface area (Å²) in [4.78, 5) is 12.7. The molecule has 4 nitrogen and oxygen atoms in total. The molecule has 1 aliphatic rings. The first-order chi connectivity index (χ1) is 9.99. The highest BCUT2D eigenvalue weighted by molar-refractivity contribution is 7.80. The lowest BCUT2D eigenvalue weighted by atomic mass is 9.85. The van der Waals surface area contributed by atoms with Crippen LogP contribution in [0.2, 0.25) is 0 Å². The summed E-state index contributed by atoms with van der Waals surface area (Å²) in [7, 11) is 0. The zero-order chi connectivity index (χ0) is 15.5. The van der Waals surface area contributed by atoms with Crippen LogP contribution >= 0.6 is 12.2 Å². The summed E-state index contributed by atoms with van der Waals surface area (Å²) in [5.41, 5.74) is 5.33. The maximum Gasteiger partial charge on any atom is 0.237 e. The molecule has 6 heteroatoms. The van der Waals surface area contributed by atoms with Crippen LogP contribution in [0.1, 0.15) is 32.6 Å². The first-order valence-corrected chi connectivity index (χ1v) is 7.44. The van der Waals surface area contributed by atoms with Crippen molar-refractivity contribution in [3.05, 3.63) is 24.0 Å². The third kappa shape index (κ3) is 3.15. The standard InChI is InChI=1S/C15H19FN2O2S/c1-2-20-12-6-5-10(9-11(12)16)18-14(19)15(13(17)21)7-3-4-8-15/h5-6,9H,2-4,7-8H2,1H3,(H2,17,21)(H,18,19). The predicted octanol–water partition coefficient (Wildman–Crippen LogP) is 3.01. The van der Waals surface area contributed by atoms with Gasteiger partial charge in [-0.3, -0.25) is 4.79 Å². The van der Waals surface area contributed by atoms with E-state index in [0.717, 1.165) is 12.8 Å². The highest BCUT2D eigenvalue weighted by atomic mass is 32.1. The molecular weight excluding hydrogens is 291 g/mol. The minimum atomic E-state index is -0.801. The molecule has 0 aliphatic heterocycles. The number of carbonyl (C=O) groups excluding carboxylic acids is 1. The quantitative estimate of drug-likeness (QED) is 0.821. The summed E-state index contributed by atoms with van der Waals surface area (Å²) in [5, 5.41) is 2.71. The topological polar surface area (TPSA) is 64.3 Å². The van der Waals surface area contributed by atoms with Crippen molar-refractivity contribution in [3.63, 3.8) is 0 Å². The largest absolute Gasteiger partial charge is 0.491 e. The summed E-state index contributed by atoms with van der Waals surface area (Å²) in [6.45, 7) is 2.16. The molecule has 1 aromatic rings. The maximum atomic E-state index is 13.8. The number of ether oxygens (including phenoxy) is 1. The number of nitrogens with one attached hydrogen (secondary N) is 1. The van der Waals surface area contributed by atoms with E-state index < -0.39 is 11.2 Å². The molecule has 0 aromatic heterocycles. The van der Waals surface area contributed by atoms with E-state index in [-0.39, 0.29) is 16.6 Å². The van der Waals surface area contributed by atoms with Crippen LogP contribution in [-0.4, -0.2) is 17.5 Å². The average Bonchev–Trinajstić information content (AvgIpc) is 2.93. The molecule has 21 heavy (non-hydrogen) atoms. The van der Waals surface area contributed by atoms with E-state index in [9.17, 15) is 9.18 Å². The number of halogens is 1. The number of nitrogens with two attached hydrogens (primary N) is 1. The van der Waals surface area contributed by atoms with Crippen molar-refractivity contribution in [1.29, 1.82) is 0 Å². The Bertz CT molecular complexity index is 557. The lowest BCUT2D eigenvalue weighted by molar-refractivity contribution is -0.122. The van der Waals surface area contributed by atoms with Gasteiger partial charge < -0.3 is 15.8 Å². The second kappa shape index (κ2) is 6.39. The average molecular weight is 310 g/mol. The van der Waals surface area contributed by atoms with Gasteiger partial charge in [-0.2, -0.15) is 0 Å². The van der Waals surface area contributed by atoms with Crippen LogP contribution in [0.25, 0.3) is 0 Å². The number of anilines is 1. The number of thiocarbonyl (C=S) groups is 1. The van der Waals surface area contributed by atoms with Crippen molar-refractivity contribution >= 4 is 28.8 Å². The van der Waals surface area contributed by atoms with Crippen LogP contribution in [0.15, 0.2) is 18.2 Å². The third-order valence-electron chi connectivity index (χ3n) is 3.85. The summed E-state index contributed by atoms with van der Waals surface area (Å²) in [6.07, 6.45) is 3.13. The highest BCUT2D eigenvalue weighted by Gasteiger charge is 2.43. The highest BCUT2D eigenvalue weighted by Crippen LogP contribution is 2.39. The van der Waals surface area contributed by atoms with Crippen molar-refractivity contribution in [1.82, 2.24) is 0 Å². The maximum absolute atomic E-state index is 13.8. The number of benzene rings is 1. The number of hydrogen-bond acceptors (Lipinski definition) is 3. The van der Waals surface area contributed by atoms with E-state index in [4.69, 9.17) is 22.7 Å². The number of hydrogen-bond donors (Lipinski definition) is 2. The molecule has 0 heterocycles. The van der Waals surface area contributed by atoms with Crippen LogP contribution in [0.3, 0.4) is 0 Å². The third-order valence-corrected chi connectivity index (χ3v) is 4.24. The fourth-order valence-corrected chi connectivity index (χ4v) is 2.96. The fourth-order valence-electron chi connectivity index (χ4n) is 2.67. The van der Waals surface area contributed by atoms with E-state index in [2.05, 4.69) is 5.32 Å². The Balaban J connectivity index is 2.15. The molecule has 0 unspecified atom stereocenters. The predicted molar refractivity (Wildman–Crippen MR) is 83.9 cm³/mol. The van der Waals surface area contributed by atoms with E-state index >= 15 is 0 Å². The SMILES string of the molecule is CCOc1ccc(NC(=O)C2(C(N)=S)CCCC2)cc1F. The van der Waals surface area contributed by atoms with Gasteiger partial charge in [-0.25, -0.2) is 4.39 Å². The van der Waals surface area contributed by atoms with Gasteiger partial charge in [0.25, 0.3) is 0 Å². The Morgan fingerprint density at radius 3 is 2.67 bits per heavy atom. The van der Waals surface area contributed by atoms with Gasteiger partial charge in [0, 0.05) is 11.8 Å². The molecule has 114 valence electrons. The van der Waals surface area contributed by atoms with Gasteiger partial charge in [-0.15, -0.1) is 0 Å². The molecular formula is C15H19FN2O2S. The van der Waals surface area contributed by atoms with Gasteiger partial charge in [0.2, 0.25) is 5.91 Å². The van der Waals surface area contributed by atoms with Crippen molar-refractivity contribution in [2.75, 3.05) is 11.9 Å². The number of rotatable bonds is 5. The second-order valence-electron chi connectivity index (χ2n) is 5.19. The summed E-state index contributed by atoms with van der Waals surface area (Å²) in [5.74, 6) is -0.595. The van der Waals surface area contributed by atoms with E-state index in [0.29, 0.717) is 25.1 Å². The Labute approximate surface area is 128 Å². The zero-order valence-corrected chi connectivity index (χ0v) is 12.8. The second-order valence-corrected chi connectivity index (χ2v) is 5.63. The monoisotopic (exact) mass is 310 g/mol. The fraction of sp³-hybridized carbons (Fsp3) is 0.467. The van der Waals surface area contributed by atoms with Gasteiger partial charge in [0.1, 0.15) is 0 Å². The molecule has 0 spiro atoms. The molecule has 2 rings (SSSR count). The van der Waals surface area contributed by atoms with Crippen LogP contribution < -0.4 is 15.8 Å². The van der Waals surface area contributed by atoms with E-state index in [1.54, 1.807) is 13.0 Å². The van der Waals surface area contributed by atoms with Crippen LogP contribution in [0.5, 0.6) is 5.75 Å². The van der Waals surface area contributed by atoms with Crippen molar-refractivity contribution in [2.45, 2.75) is 32.6 Å². The minimum Gasteiger partial charge on any atom is -0.491 e. The Hall–Kier alpha value is -1.69. The molecule has 3 N–H and O–H groups in total. The van der Waals surface area contributed by atoms with Crippen LogP contribution in [0.4, 0.5) is 10.1 Å². The normalized spacial score (nSPS) is 16.5. The van der Waals surface area contributed by atoms with Gasteiger partial charge in [-0.1, -0.05) is 25.1 Å². The molecule has 1 aromatic carbocycles. The van der Waals surface area contributed by atoms with E-state index in [1.165, 1.54) is 12.1 Å².